The lowest BCUT2D eigenvalue weighted by Crippen LogP contribution is -2.63. The smallest absolute Gasteiger partial charge is 0.332 e. The van der Waals surface area contributed by atoms with Crippen LogP contribution in [0.4, 0.5) is 5.69 Å². The molecule has 41 heavy (non-hydrogen) atoms. The van der Waals surface area contributed by atoms with Crippen molar-refractivity contribution in [3.63, 3.8) is 0 Å². The zero-order valence-electron chi connectivity index (χ0n) is 24.1. The van der Waals surface area contributed by atoms with Crippen molar-refractivity contribution in [3.05, 3.63) is 70.1 Å². The number of aryl methyl sites for hydroxylation is 2. The zero-order valence-corrected chi connectivity index (χ0v) is 24.8. The average Bonchev–Trinajstić information content (AvgIpc) is 3.54. The lowest BCUT2D eigenvalue weighted by atomic mass is 9.82. The van der Waals surface area contributed by atoms with E-state index in [9.17, 15) is 9.90 Å². The number of aromatic hydroxyl groups is 1. The van der Waals surface area contributed by atoms with Crippen LogP contribution >= 0.6 is 11.6 Å². The number of benzene rings is 1. The number of pyridine rings is 2. The summed E-state index contributed by atoms with van der Waals surface area (Å²) in [5.74, 6) is 0.601. The normalized spacial score (nSPS) is 18.9. The quantitative estimate of drug-likeness (QED) is 0.345. The first-order chi connectivity index (χ1) is 19.6. The molecular weight excluding hydrogens is 540 g/mol. The van der Waals surface area contributed by atoms with Gasteiger partial charge in [-0.25, -0.2) is 14.8 Å². The summed E-state index contributed by atoms with van der Waals surface area (Å²) in [5, 5.41) is 11.9. The number of hydrogen-bond acceptors (Lipinski definition) is 7. The second-order valence-electron chi connectivity index (χ2n) is 11.4. The molecule has 1 aromatic carbocycles. The van der Waals surface area contributed by atoms with Crippen molar-refractivity contribution in [1.29, 1.82) is 0 Å². The van der Waals surface area contributed by atoms with E-state index in [1.807, 2.05) is 25.1 Å². The third-order valence-electron chi connectivity index (χ3n) is 8.61. The molecule has 0 bridgehead atoms. The standard InChI is InChI=1S/C31H35ClN6O3/c1-19(2)38-11-9-31(38)8-10-36(18-31)26-16-22(17-33-29(26)41-5)27-28(39)23(14-20(3)34-27)21-6-7-25(24(32)15-21)37-13-12-35(4)30(37)40/h6-7,12-17,19,39H,8-11,18H2,1-5H3. The number of methoxy groups -OCH3 is 1. The third kappa shape index (κ3) is 4.57. The molecule has 5 heterocycles. The van der Waals surface area contributed by atoms with Gasteiger partial charge in [-0.1, -0.05) is 17.7 Å². The maximum atomic E-state index is 12.4. The number of ether oxygens (including phenoxy) is 1. The highest BCUT2D eigenvalue weighted by molar-refractivity contribution is 6.32. The Kier molecular flexibility index (Phi) is 6.82. The summed E-state index contributed by atoms with van der Waals surface area (Å²) in [6.07, 6.45) is 7.35. The Morgan fingerprint density at radius 2 is 1.85 bits per heavy atom. The van der Waals surface area contributed by atoms with Crippen molar-refractivity contribution < 1.29 is 9.84 Å². The van der Waals surface area contributed by atoms with Crippen LogP contribution in [-0.2, 0) is 7.05 Å². The number of anilines is 1. The molecule has 0 saturated carbocycles. The van der Waals surface area contributed by atoms with E-state index in [1.165, 1.54) is 15.6 Å². The van der Waals surface area contributed by atoms with E-state index in [0.29, 0.717) is 45.0 Å². The molecule has 10 heteroatoms. The maximum absolute atomic E-state index is 12.4. The molecule has 9 nitrogen and oxygen atoms in total. The van der Waals surface area contributed by atoms with Gasteiger partial charge in [0.2, 0.25) is 5.88 Å². The van der Waals surface area contributed by atoms with Gasteiger partial charge >= 0.3 is 5.69 Å². The summed E-state index contributed by atoms with van der Waals surface area (Å²) in [6.45, 7) is 9.39. The molecule has 4 aromatic rings. The van der Waals surface area contributed by atoms with E-state index < -0.39 is 0 Å². The fourth-order valence-electron chi connectivity index (χ4n) is 6.42. The second kappa shape index (κ2) is 10.2. The molecule has 0 amide bonds. The number of nitrogens with zero attached hydrogens (tertiary/aromatic N) is 6. The van der Waals surface area contributed by atoms with Crippen molar-refractivity contribution in [2.75, 3.05) is 31.6 Å². The van der Waals surface area contributed by atoms with Crippen LogP contribution < -0.4 is 15.3 Å². The molecule has 1 unspecified atom stereocenters. The highest BCUT2D eigenvalue weighted by Gasteiger charge is 2.50. The van der Waals surface area contributed by atoms with Gasteiger partial charge < -0.3 is 19.3 Å². The molecule has 2 fully saturated rings. The van der Waals surface area contributed by atoms with Gasteiger partial charge in [-0.05, 0) is 63.4 Å². The van der Waals surface area contributed by atoms with Gasteiger partial charge in [-0.2, -0.15) is 0 Å². The van der Waals surface area contributed by atoms with Gasteiger partial charge in [0.1, 0.15) is 17.1 Å². The SMILES string of the molecule is COc1ncc(-c2nc(C)cc(-c3ccc(-n4ccn(C)c4=O)c(Cl)c3)c2O)cc1N1CCC2(CCN2C(C)C)C1. The largest absolute Gasteiger partial charge is 0.505 e. The van der Waals surface area contributed by atoms with Crippen molar-refractivity contribution in [1.82, 2.24) is 24.0 Å². The molecular formula is C31H35ClN6O3. The van der Waals surface area contributed by atoms with Crippen LogP contribution in [0.25, 0.3) is 28.1 Å². The van der Waals surface area contributed by atoms with Crippen molar-refractivity contribution in [2.24, 2.45) is 7.05 Å². The number of likely N-dealkylation sites (tertiary alicyclic amines) is 1. The minimum atomic E-state index is -0.189. The first-order valence-corrected chi connectivity index (χ1v) is 14.3. The molecule has 3 aromatic heterocycles. The minimum Gasteiger partial charge on any atom is -0.505 e. The highest BCUT2D eigenvalue weighted by Crippen LogP contribution is 2.45. The molecule has 1 atom stereocenters. The van der Waals surface area contributed by atoms with E-state index in [0.717, 1.165) is 37.4 Å². The number of halogens is 1. The molecule has 2 aliphatic heterocycles. The fraction of sp³-hybridized carbons (Fsp3) is 0.387. The Morgan fingerprint density at radius 1 is 1.07 bits per heavy atom. The molecule has 2 saturated heterocycles. The monoisotopic (exact) mass is 574 g/mol. The van der Waals surface area contributed by atoms with E-state index in [1.54, 1.807) is 44.9 Å². The Bertz CT molecular complexity index is 1700. The van der Waals surface area contributed by atoms with Crippen LogP contribution in [0.15, 0.2) is 53.7 Å². The minimum absolute atomic E-state index is 0.0390. The Hall–Kier alpha value is -3.82. The van der Waals surface area contributed by atoms with E-state index in [-0.39, 0.29) is 17.0 Å². The molecule has 6 rings (SSSR count). The summed E-state index contributed by atoms with van der Waals surface area (Å²) in [6, 6.07) is 9.75. The Morgan fingerprint density at radius 3 is 2.49 bits per heavy atom. The highest BCUT2D eigenvalue weighted by atomic mass is 35.5. The van der Waals surface area contributed by atoms with Crippen molar-refractivity contribution >= 4 is 17.3 Å². The zero-order chi connectivity index (χ0) is 29.1. The van der Waals surface area contributed by atoms with E-state index >= 15 is 0 Å². The lowest BCUT2D eigenvalue weighted by Gasteiger charge is -2.53. The van der Waals surface area contributed by atoms with Gasteiger partial charge in [0, 0.05) is 73.7 Å². The third-order valence-corrected chi connectivity index (χ3v) is 8.91. The van der Waals surface area contributed by atoms with E-state index in [4.69, 9.17) is 21.3 Å². The molecule has 1 N–H and O–H groups in total. The summed E-state index contributed by atoms with van der Waals surface area (Å²) in [7, 11) is 3.33. The maximum Gasteiger partial charge on any atom is 0.332 e. The van der Waals surface area contributed by atoms with Crippen LogP contribution in [0.2, 0.25) is 5.02 Å². The molecule has 0 radical (unpaired) electrons. The van der Waals surface area contributed by atoms with Crippen molar-refractivity contribution in [2.45, 2.75) is 45.2 Å². The Labute approximate surface area is 244 Å². The van der Waals surface area contributed by atoms with Gasteiger partial charge in [0.25, 0.3) is 0 Å². The molecule has 0 aliphatic carbocycles. The lowest BCUT2D eigenvalue weighted by molar-refractivity contribution is -0.0237. The van der Waals surface area contributed by atoms with E-state index in [2.05, 4.69) is 28.6 Å². The second-order valence-corrected chi connectivity index (χ2v) is 11.8. The van der Waals surface area contributed by atoms with Gasteiger partial charge in [0.15, 0.2) is 0 Å². The van der Waals surface area contributed by atoms with Gasteiger partial charge in [-0.15, -0.1) is 0 Å². The first kappa shape index (κ1) is 27.4. The molecule has 214 valence electrons. The topological polar surface area (TPSA) is 88.6 Å². The number of aromatic nitrogens is 4. The predicted molar refractivity (Wildman–Crippen MR) is 161 cm³/mol. The van der Waals surface area contributed by atoms with Crippen LogP contribution in [-0.4, -0.2) is 67.4 Å². The van der Waals surface area contributed by atoms with Crippen LogP contribution in [0, 0.1) is 6.92 Å². The summed E-state index contributed by atoms with van der Waals surface area (Å²) in [4.78, 5) is 26.7. The molecule has 2 aliphatic rings. The predicted octanol–water partition coefficient (Wildman–Crippen LogP) is 5.04. The van der Waals surface area contributed by atoms with Crippen molar-refractivity contribution in [3.8, 4) is 39.7 Å². The fourth-order valence-corrected chi connectivity index (χ4v) is 6.69. The number of hydrogen-bond donors (Lipinski definition) is 1. The van der Waals surface area contributed by atoms with Crippen LogP contribution in [0.3, 0.4) is 0 Å². The first-order valence-electron chi connectivity index (χ1n) is 13.9. The summed E-state index contributed by atoms with van der Waals surface area (Å²) >= 11 is 6.64. The molecule has 1 spiro atoms. The summed E-state index contributed by atoms with van der Waals surface area (Å²) < 4.78 is 8.65. The number of imidazole rings is 1. The van der Waals surface area contributed by atoms with Crippen LogP contribution in [0.5, 0.6) is 11.6 Å². The number of rotatable bonds is 6. The Balaban J connectivity index is 1.37. The van der Waals surface area contributed by atoms with Gasteiger partial charge in [0.05, 0.1) is 17.8 Å². The average molecular weight is 575 g/mol. The van der Waals surface area contributed by atoms with Crippen LogP contribution in [0.1, 0.15) is 32.4 Å². The van der Waals surface area contributed by atoms with Gasteiger partial charge in [-0.3, -0.25) is 9.47 Å². The summed E-state index contributed by atoms with van der Waals surface area (Å²) in [5.41, 5.74) is 4.69.